The lowest BCUT2D eigenvalue weighted by atomic mass is 10.1. The van der Waals surface area contributed by atoms with E-state index in [9.17, 15) is 13.2 Å². The van der Waals surface area contributed by atoms with E-state index in [-0.39, 0.29) is 17.1 Å². The number of hydrogen-bond donors (Lipinski definition) is 0. The fourth-order valence-corrected chi connectivity index (χ4v) is 1.95. The molecule has 24 heavy (non-hydrogen) atoms. The fraction of sp³-hybridized carbons (Fsp3) is 0.133. The van der Waals surface area contributed by atoms with Crippen LogP contribution in [0, 0.1) is 0 Å². The molecule has 1 aromatic carbocycles. The molecule has 0 radical (unpaired) electrons. The minimum atomic E-state index is -4.49. The Kier molecular flexibility index (Phi) is 4.07. The van der Waals surface area contributed by atoms with Crippen LogP contribution in [-0.4, -0.2) is 27.0 Å². The van der Waals surface area contributed by atoms with Crippen LogP contribution in [0.25, 0.3) is 23.7 Å². The maximum atomic E-state index is 13.0. The smallest absolute Gasteiger partial charge is 0.416 e. The molecule has 0 bridgehead atoms. The molecule has 2 aromatic heterocycles. The number of nitrogens with zero attached hydrogens (tertiary/aromatic N) is 4. The van der Waals surface area contributed by atoms with Crippen LogP contribution in [0.15, 0.2) is 41.4 Å². The van der Waals surface area contributed by atoms with Crippen molar-refractivity contribution in [3.63, 3.8) is 0 Å². The van der Waals surface area contributed by atoms with Crippen molar-refractivity contribution >= 4 is 12.3 Å². The number of alkyl halides is 3. The Morgan fingerprint density at radius 3 is 2.75 bits per heavy atom. The van der Waals surface area contributed by atoms with E-state index in [2.05, 4.69) is 19.8 Å². The highest BCUT2D eigenvalue weighted by Crippen LogP contribution is 2.34. The van der Waals surface area contributed by atoms with Crippen LogP contribution in [0.5, 0.6) is 5.75 Å². The summed E-state index contributed by atoms with van der Waals surface area (Å²) in [5.41, 5.74) is -0.0469. The SMILES string of the molecule is COc1cc(-c2ncn(C=Cc3ccon3)n2)cc(C(F)(F)F)c1. The molecule has 0 amide bonds. The van der Waals surface area contributed by atoms with Crippen LogP contribution in [0.2, 0.25) is 0 Å². The lowest BCUT2D eigenvalue weighted by molar-refractivity contribution is -0.137. The number of halogens is 3. The van der Waals surface area contributed by atoms with Gasteiger partial charge < -0.3 is 9.26 Å². The average Bonchev–Trinajstić information content (AvgIpc) is 3.23. The Morgan fingerprint density at radius 2 is 2.08 bits per heavy atom. The van der Waals surface area contributed by atoms with E-state index in [0.717, 1.165) is 12.1 Å². The fourth-order valence-electron chi connectivity index (χ4n) is 1.95. The molecular weight excluding hydrogens is 325 g/mol. The highest BCUT2D eigenvalue weighted by molar-refractivity contribution is 5.61. The molecular formula is C15H11F3N4O2. The van der Waals surface area contributed by atoms with Crippen molar-refractivity contribution in [1.29, 1.82) is 0 Å². The van der Waals surface area contributed by atoms with Gasteiger partial charge in [0.25, 0.3) is 0 Å². The minimum absolute atomic E-state index is 0.0781. The van der Waals surface area contributed by atoms with Gasteiger partial charge in [0.05, 0.1) is 12.7 Å². The van der Waals surface area contributed by atoms with E-state index in [1.165, 1.54) is 30.4 Å². The summed E-state index contributed by atoms with van der Waals surface area (Å²) in [5, 5.41) is 7.81. The van der Waals surface area contributed by atoms with Crippen molar-refractivity contribution in [1.82, 2.24) is 19.9 Å². The van der Waals surface area contributed by atoms with Gasteiger partial charge in [-0.25, -0.2) is 9.67 Å². The monoisotopic (exact) mass is 336 g/mol. The molecule has 2 heterocycles. The van der Waals surface area contributed by atoms with Gasteiger partial charge in [-0.15, -0.1) is 5.10 Å². The average molecular weight is 336 g/mol. The maximum absolute atomic E-state index is 13.0. The first-order chi connectivity index (χ1) is 11.5. The first kappa shape index (κ1) is 15.8. The second-order valence-electron chi connectivity index (χ2n) is 4.74. The summed E-state index contributed by atoms with van der Waals surface area (Å²) in [5.74, 6) is 0.221. The first-order valence-electron chi connectivity index (χ1n) is 6.72. The summed E-state index contributed by atoms with van der Waals surface area (Å²) >= 11 is 0. The van der Waals surface area contributed by atoms with Gasteiger partial charge in [-0.1, -0.05) is 5.16 Å². The van der Waals surface area contributed by atoms with E-state index in [4.69, 9.17) is 4.74 Å². The molecule has 9 heteroatoms. The Hall–Kier alpha value is -3.10. The van der Waals surface area contributed by atoms with Gasteiger partial charge in [0.1, 0.15) is 24.0 Å². The molecule has 0 spiro atoms. The summed E-state index contributed by atoms with van der Waals surface area (Å²) < 4.78 is 49.8. The van der Waals surface area contributed by atoms with Crippen molar-refractivity contribution in [3.8, 4) is 17.1 Å². The molecule has 0 aliphatic heterocycles. The van der Waals surface area contributed by atoms with Crippen LogP contribution in [-0.2, 0) is 6.18 Å². The van der Waals surface area contributed by atoms with Crippen LogP contribution in [0.4, 0.5) is 13.2 Å². The Bertz CT molecular complexity index is 854. The molecule has 3 rings (SSSR count). The second kappa shape index (κ2) is 6.19. The Labute approximate surface area is 134 Å². The zero-order valence-corrected chi connectivity index (χ0v) is 12.4. The van der Waals surface area contributed by atoms with Gasteiger partial charge in [-0.3, -0.25) is 0 Å². The normalized spacial score (nSPS) is 12.0. The Morgan fingerprint density at radius 1 is 1.25 bits per heavy atom. The standard InChI is InChI=1S/C15H11F3N4O2/c1-23-13-7-10(6-11(8-13)15(16,17)18)14-19-9-22(20-14)4-2-12-3-5-24-21-12/h2-9H,1H3. The summed E-state index contributed by atoms with van der Waals surface area (Å²) in [7, 11) is 1.30. The molecule has 0 N–H and O–H groups in total. The molecule has 0 aliphatic carbocycles. The van der Waals surface area contributed by atoms with Gasteiger partial charge in [-0.2, -0.15) is 13.2 Å². The number of methoxy groups -OCH3 is 1. The topological polar surface area (TPSA) is 66.0 Å². The molecule has 6 nitrogen and oxygen atoms in total. The lowest BCUT2D eigenvalue weighted by Crippen LogP contribution is -2.05. The third-order valence-corrected chi connectivity index (χ3v) is 3.09. The molecule has 124 valence electrons. The van der Waals surface area contributed by atoms with Crippen LogP contribution < -0.4 is 4.74 Å². The molecule has 0 saturated carbocycles. The number of aromatic nitrogens is 4. The first-order valence-corrected chi connectivity index (χ1v) is 6.72. The number of hydrogen-bond acceptors (Lipinski definition) is 5. The van der Waals surface area contributed by atoms with Crippen molar-refractivity contribution in [2.75, 3.05) is 7.11 Å². The number of ether oxygens (including phenoxy) is 1. The largest absolute Gasteiger partial charge is 0.497 e. The zero-order valence-electron chi connectivity index (χ0n) is 12.4. The maximum Gasteiger partial charge on any atom is 0.416 e. The van der Waals surface area contributed by atoms with E-state index >= 15 is 0 Å². The van der Waals surface area contributed by atoms with E-state index in [1.54, 1.807) is 18.3 Å². The van der Waals surface area contributed by atoms with Crippen molar-refractivity contribution in [3.05, 3.63) is 48.1 Å². The molecule has 0 unspecified atom stereocenters. The predicted molar refractivity (Wildman–Crippen MR) is 78.7 cm³/mol. The van der Waals surface area contributed by atoms with Crippen molar-refractivity contribution in [2.24, 2.45) is 0 Å². The molecule has 3 aromatic rings. The Balaban J connectivity index is 1.92. The van der Waals surface area contributed by atoms with Gasteiger partial charge in [0.15, 0.2) is 5.82 Å². The van der Waals surface area contributed by atoms with Gasteiger partial charge in [0.2, 0.25) is 0 Å². The minimum Gasteiger partial charge on any atom is -0.497 e. The van der Waals surface area contributed by atoms with E-state index in [1.807, 2.05) is 0 Å². The molecule has 0 aliphatic rings. The summed E-state index contributed by atoms with van der Waals surface area (Å²) in [6, 6.07) is 4.98. The zero-order chi connectivity index (χ0) is 17.2. The lowest BCUT2D eigenvalue weighted by Gasteiger charge is -2.10. The van der Waals surface area contributed by atoms with Crippen molar-refractivity contribution in [2.45, 2.75) is 6.18 Å². The number of rotatable bonds is 4. The van der Waals surface area contributed by atoms with E-state index < -0.39 is 11.7 Å². The van der Waals surface area contributed by atoms with Crippen LogP contribution >= 0.6 is 0 Å². The van der Waals surface area contributed by atoms with Crippen molar-refractivity contribution < 1.29 is 22.4 Å². The van der Waals surface area contributed by atoms with Gasteiger partial charge in [0, 0.05) is 17.8 Å². The van der Waals surface area contributed by atoms with Crippen LogP contribution in [0.1, 0.15) is 11.3 Å². The molecule has 0 saturated heterocycles. The predicted octanol–water partition coefficient (Wildman–Crippen LogP) is 3.59. The van der Waals surface area contributed by atoms with Gasteiger partial charge in [-0.05, 0) is 24.3 Å². The third kappa shape index (κ3) is 3.45. The molecule has 0 fully saturated rings. The highest BCUT2D eigenvalue weighted by Gasteiger charge is 2.31. The van der Waals surface area contributed by atoms with E-state index in [0.29, 0.717) is 5.69 Å². The number of benzene rings is 1. The second-order valence-corrected chi connectivity index (χ2v) is 4.74. The summed E-state index contributed by atoms with van der Waals surface area (Å²) in [6.07, 6.45) is 1.48. The highest BCUT2D eigenvalue weighted by atomic mass is 19.4. The summed E-state index contributed by atoms with van der Waals surface area (Å²) in [4.78, 5) is 4.02. The summed E-state index contributed by atoms with van der Waals surface area (Å²) in [6.45, 7) is 0. The third-order valence-electron chi connectivity index (χ3n) is 3.09. The van der Waals surface area contributed by atoms with Crippen LogP contribution in [0.3, 0.4) is 0 Å². The quantitative estimate of drug-likeness (QED) is 0.728. The van der Waals surface area contributed by atoms with Gasteiger partial charge >= 0.3 is 6.18 Å². The molecule has 0 atom stereocenters.